The quantitative estimate of drug-likeness (QED) is 0.292. The Balaban J connectivity index is 1.76. The van der Waals surface area contributed by atoms with E-state index in [-0.39, 0.29) is 5.92 Å². The molecular formula is C27H39NO3. The number of hydrogen-bond acceptors (Lipinski definition) is 4. The number of rotatable bonds is 15. The van der Waals surface area contributed by atoms with Crippen molar-refractivity contribution in [1.82, 2.24) is 5.32 Å². The molecular weight excluding hydrogens is 386 g/mol. The Labute approximate surface area is 188 Å². The van der Waals surface area contributed by atoms with Crippen LogP contribution in [-0.4, -0.2) is 27.1 Å². The van der Waals surface area contributed by atoms with Gasteiger partial charge < -0.3 is 19.6 Å². The second kappa shape index (κ2) is 13.9. The van der Waals surface area contributed by atoms with Crippen LogP contribution in [0.25, 0.3) is 0 Å². The van der Waals surface area contributed by atoms with E-state index in [1.807, 2.05) is 12.1 Å². The van der Waals surface area contributed by atoms with Gasteiger partial charge in [-0.25, -0.2) is 0 Å². The highest BCUT2D eigenvalue weighted by molar-refractivity contribution is 5.55. The molecule has 0 aromatic heterocycles. The van der Waals surface area contributed by atoms with Gasteiger partial charge in [0.25, 0.3) is 0 Å². The number of carbonyl (C=O) groups excluding carboxylic acids is 1. The van der Waals surface area contributed by atoms with E-state index in [0.29, 0.717) is 5.92 Å². The zero-order chi connectivity index (χ0) is 22.5. The van der Waals surface area contributed by atoms with Gasteiger partial charge in [0.1, 0.15) is 6.29 Å². The number of carbonyl (C=O) groups is 1. The lowest BCUT2D eigenvalue weighted by atomic mass is 9.89. The second-order valence-corrected chi connectivity index (χ2v) is 8.39. The summed E-state index contributed by atoms with van der Waals surface area (Å²) in [5, 5.41) is 3.56. The molecule has 0 fully saturated rings. The number of nitrogens with one attached hydrogen (secondary N) is 1. The normalized spacial score (nSPS) is 12.9. The lowest BCUT2D eigenvalue weighted by Crippen LogP contribution is -2.18. The molecule has 31 heavy (non-hydrogen) atoms. The van der Waals surface area contributed by atoms with E-state index < -0.39 is 0 Å². The molecule has 0 aliphatic heterocycles. The van der Waals surface area contributed by atoms with Crippen LogP contribution < -0.4 is 14.8 Å². The number of hydrogen-bond donors (Lipinski definition) is 1. The summed E-state index contributed by atoms with van der Waals surface area (Å²) in [5.74, 6) is 2.21. The fourth-order valence-corrected chi connectivity index (χ4v) is 4.10. The maximum absolute atomic E-state index is 11.7. The van der Waals surface area contributed by atoms with Crippen LogP contribution in [0.4, 0.5) is 0 Å². The summed E-state index contributed by atoms with van der Waals surface area (Å²) in [6, 6.07) is 14.5. The van der Waals surface area contributed by atoms with E-state index >= 15 is 0 Å². The van der Waals surface area contributed by atoms with E-state index in [1.165, 1.54) is 24.8 Å². The number of ether oxygens (including phenoxy) is 2. The first-order chi connectivity index (χ1) is 15.1. The van der Waals surface area contributed by atoms with Crippen molar-refractivity contribution in [3.8, 4) is 11.5 Å². The second-order valence-electron chi connectivity index (χ2n) is 8.39. The molecule has 0 aliphatic carbocycles. The van der Waals surface area contributed by atoms with Crippen LogP contribution in [0, 0.1) is 18.8 Å². The van der Waals surface area contributed by atoms with Crippen LogP contribution in [0.3, 0.4) is 0 Å². The third kappa shape index (κ3) is 8.37. The summed E-state index contributed by atoms with van der Waals surface area (Å²) in [7, 11) is 3.29. The minimum absolute atomic E-state index is 0.0468. The van der Waals surface area contributed by atoms with Gasteiger partial charge in [-0.3, -0.25) is 0 Å². The highest BCUT2D eigenvalue weighted by Gasteiger charge is 2.15. The van der Waals surface area contributed by atoms with Crippen LogP contribution in [-0.2, 0) is 17.8 Å². The fourth-order valence-electron chi connectivity index (χ4n) is 4.10. The summed E-state index contributed by atoms with van der Waals surface area (Å²) in [6.45, 7) is 6.30. The lowest BCUT2D eigenvalue weighted by molar-refractivity contribution is -0.111. The third-order valence-corrected chi connectivity index (χ3v) is 6.18. The smallest absolute Gasteiger partial charge is 0.161 e. The first-order valence-corrected chi connectivity index (χ1v) is 11.5. The van der Waals surface area contributed by atoms with Crippen LogP contribution in [0.15, 0.2) is 42.5 Å². The van der Waals surface area contributed by atoms with E-state index in [0.717, 1.165) is 61.3 Å². The Morgan fingerprint density at radius 1 is 1.00 bits per heavy atom. The first kappa shape index (κ1) is 24.9. The first-order valence-electron chi connectivity index (χ1n) is 11.5. The Morgan fingerprint density at radius 2 is 1.71 bits per heavy atom. The average molecular weight is 426 g/mol. The van der Waals surface area contributed by atoms with Gasteiger partial charge in [-0.05, 0) is 67.5 Å². The monoisotopic (exact) mass is 425 g/mol. The fraction of sp³-hybridized carbons (Fsp3) is 0.519. The molecule has 2 rings (SSSR count). The minimum Gasteiger partial charge on any atom is -0.493 e. The molecule has 170 valence electrons. The van der Waals surface area contributed by atoms with E-state index in [1.54, 1.807) is 14.2 Å². The van der Waals surface area contributed by atoms with Gasteiger partial charge in [-0.1, -0.05) is 56.5 Å². The molecule has 4 heteroatoms. The summed E-state index contributed by atoms with van der Waals surface area (Å²) in [5.41, 5.74) is 3.63. The standard InChI is InChI=1S/C27H39NO3/c1-5-22(14-15-28-19-23-10-7-6-8-11-23)12-9-13-24(20-29)17-25-18-27(31-4)26(30-3)16-21(25)2/h6-8,10-11,16,18,20,22,24,28H,5,9,12-15,17,19H2,1-4H3. The van der Waals surface area contributed by atoms with Gasteiger partial charge in [0.2, 0.25) is 0 Å². The largest absolute Gasteiger partial charge is 0.493 e. The van der Waals surface area contributed by atoms with Gasteiger partial charge in [0.05, 0.1) is 14.2 Å². The van der Waals surface area contributed by atoms with E-state index in [2.05, 4.69) is 49.5 Å². The molecule has 0 radical (unpaired) electrons. The Hall–Kier alpha value is -2.33. The maximum Gasteiger partial charge on any atom is 0.161 e. The van der Waals surface area contributed by atoms with Crippen LogP contribution in [0.1, 0.15) is 55.7 Å². The summed E-state index contributed by atoms with van der Waals surface area (Å²) in [6.07, 6.45) is 7.46. The predicted molar refractivity (Wildman–Crippen MR) is 128 cm³/mol. The molecule has 0 amide bonds. The number of aryl methyl sites for hydroxylation is 1. The van der Waals surface area contributed by atoms with E-state index in [4.69, 9.17) is 9.47 Å². The molecule has 0 aliphatic rings. The van der Waals surface area contributed by atoms with Crippen molar-refractivity contribution in [3.05, 3.63) is 59.2 Å². The van der Waals surface area contributed by atoms with Gasteiger partial charge in [-0.2, -0.15) is 0 Å². The van der Waals surface area contributed by atoms with Crippen molar-refractivity contribution < 1.29 is 14.3 Å². The highest BCUT2D eigenvalue weighted by Crippen LogP contribution is 2.31. The summed E-state index contributed by atoms with van der Waals surface area (Å²) >= 11 is 0. The van der Waals surface area contributed by atoms with Gasteiger partial charge in [0.15, 0.2) is 11.5 Å². The molecule has 0 bridgehead atoms. The molecule has 0 heterocycles. The molecule has 0 saturated carbocycles. The van der Waals surface area contributed by atoms with Crippen LogP contribution in [0.2, 0.25) is 0 Å². The lowest BCUT2D eigenvalue weighted by Gasteiger charge is -2.18. The van der Waals surface area contributed by atoms with Gasteiger partial charge in [-0.15, -0.1) is 0 Å². The predicted octanol–water partition coefficient (Wildman–Crippen LogP) is 5.75. The molecule has 2 unspecified atom stereocenters. The topological polar surface area (TPSA) is 47.6 Å². The number of benzene rings is 2. The maximum atomic E-state index is 11.7. The highest BCUT2D eigenvalue weighted by atomic mass is 16.5. The Bertz CT molecular complexity index is 776. The molecule has 2 aromatic carbocycles. The van der Waals surface area contributed by atoms with Crippen molar-refractivity contribution in [2.75, 3.05) is 20.8 Å². The van der Waals surface area contributed by atoms with Crippen molar-refractivity contribution in [2.45, 2.75) is 58.9 Å². The van der Waals surface area contributed by atoms with Crippen molar-refractivity contribution >= 4 is 6.29 Å². The molecule has 0 saturated heterocycles. The van der Waals surface area contributed by atoms with Crippen LogP contribution in [0.5, 0.6) is 11.5 Å². The Kier molecular flexibility index (Phi) is 11.2. The average Bonchev–Trinajstić information content (AvgIpc) is 2.81. The van der Waals surface area contributed by atoms with Gasteiger partial charge >= 0.3 is 0 Å². The van der Waals surface area contributed by atoms with E-state index in [9.17, 15) is 4.79 Å². The SMILES string of the molecule is CCC(CCCC(C=O)Cc1cc(OC)c(OC)cc1C)CCNCc1ccccc1. The Morgan fingerprint density at radius 3 is 2.35 bits per heavy atom. The molecule has 2 aromatic rings. The summed E-state index contributed by atoms with van der Waals surface area (Å²) < 4.78 is 10.8. The minimum atomic E-state index is 0.0468. The molecule has 1 N–H and O–H groups in total. The zero-order valence-electron chi connectivity index (χ0n) is 19.7. The zero-order valence-corrected chi connectivity index (χ0v) is 19.7. The van der Waals surface area contributed by atoms with Crippen molar-refractivity contribution in [1.29, 1.82) is 0 Å². The molecule has 0 spiro atoms. The van der Waals surface area contributed by atoms with Crippen molar-refractivity contribution in [3.63, 3.8) is 0 Å². The molecule has 4 nitrogen and oxygen atoms in total. The number of methoxy groups -OCH3 is 2. The third-order valence-electron chi connectivity index (χ3n) is 6.18. The van der Waals surface area contributed by atoms with Gasteiger partial charge in [0, 0.05) is 12.5 Å². The molecule has 2 atom stereocenters. The van der Waals surface area contributed by atoms with Crippen molar-refractivity contribution in [2.24, 2.45) is 11.8 Å². The van der Waals surface area contributed by atoms with Crippen LogP contribution >= 0.6 is 0 Å². The number of aldehydes is 1. The summed E-state index contributed by atoms with van der Waals surface area (Å²) in [4.78, 5) is 11.7.